The highest BCUT2D eigenvalue weighted by Crippen LogP contribution is 2.52. The average molecular weight is 976 g/mol. The topological polar surface area (TPSA) is 60.2 Å². The largest absolute Gasteiger partial charge is 0.507 e. The number of phenolic OH excluding ortho intramolecular Hbond substituents is 1. The minimum absolute atomic E-state index is 0.0956. The number of pyridine rings is 1. The van der Waals surface area contributed by atoms with Crippen LogP contribution in [0, 0.1) is 12.3 Å². The van der Waals surface area contributed by atoms with Crippen molar-refractivity contribution < 1.29 is 9.84 Å². The molecule has 0 aliphatic carbocycles. The third-order valence-electron chi connectivity index (χ3n) is 14.9. The Morgan fingerprint density at radius 2 is 1.22 bits per heavy atom. The van der Waals surface area contributed by atoms with Crippen LogP contribution in [0.5, 0.6) is 11.5 Å². The number of para-hydroxylation sites is 1. The van der Waals surface area contributed by atoms with Crippen molar-refractivity contribution in [3.05, 3.63) is 185 Å². The van der Waals surface area contributed by atoms with Crippen molar-refractivity contribution in [1.29, 1.82) is 0 Å². The number of hydrogen-bond donors (Lipinski definition) is 1. The number of fused-ring (bicyclic) bond motifs is 4. The first kappa shape index (κ1) is 50.3. The van der Waals surface area contributed by atoms with Gasteiger partial charge in [0.2, 0.25) is 0 Å². The molecule has 1 N–H and O–H groups in total. The maximum Gasteiger partial charge on any atom is 0.149 e. The van der Waals surface area contributed by atoms with Crippen LogP contribution >= 0.6 is 0 Å². The van der Waals surface area contributed by atoms with E-state index < -0.39 is 5.60 Å². The van der Waals surface area contributed by atoms with Crippen LogP contribution in [0.3, 0.4) is 0 Å². The monoisotopic (exact) mass is 976 g/mol. The number of benzene rings is 7. The summed E-state index contributed by atoms with van der Waals surface area (Å²) in [5.74, 6) is 1.73. The number of phenols is 1. The molecule has 9 aromatic rings. The van der Waals surface area contributed by atoms with Gasteiger partial charge in [0, 0.05) is 39.6 Å². The van der Waals surface area contributed by atoms with Crippen LogP contribution in [0.1, 0.15) is 130 Å². The molecule has 1 aliphatic rings. The number of nitrogens with zero attached hydrogens (tertiary/aromatic N) is 3. The number of aromatic nitrogens is 3. The molecule has 0 unspecified atom stereocenters. The van der Waals surface area contributed by atoms with Crippen molar-refractivity contribution in [3.8, 4) is 84.3 Å². The van der Waals surface area contributed by atoms with E-state index in [4.69, 9.17) is 14.7 Å². The molecular weight excluding hydrogens is 903 g/mol. The van der Waals surface area contributed by atoms with Crippen molar-refractivity contribution in [2.75, 3.05) is 0 Å². The van der Waals surface area contributed by atoms with E-state index >= 15 is 0 Å². The highest BCUT2D eigenvalue weighted by molar-refractivity contribution is 6.00. The molecular formula is C69H73N3O2. The Labute approximate surface area is 440 Å². The lowest BCUT2D eigenvalue weighted by molar-refractivity contribution is 0.106. The fraction of sp³-hybridized carbons (Fsp3) is 0.304. The van der Waals surface area contributed by atoms with Gasteiger partial charge in [-0.25, -0.2) is 4.98 Å². The first-order valence-corrected chi connectivity index (χ1v) is 26.4. The molecule has 5 heteroatoms. The van der Waals surface area contributed by atoms with Gasteiger partial charge in [-0.3, -0.25) is 9.55 Å². The zero-order valence-electron chi connectivity index (χ0n) is 46.3. The maximum absolute atomic E-state index is 12.7. The lowest BCUT2D eigenvalue weighted by Crippen LogP contribution is -2.29. The van der Waals surface area contributed by atoms with Gasteiger partial charge >= 0.3 is 0 Å². The van der Waals surface area contributed by atoms with Gasteiger partial charge < -0.3 is 9.84 Å². The molecule has 5 nitrogen and oxygen atoms in total. The molecule has 0 spiro atoms. The van der Waals surface area contributed by atoms with Crippen molar-refractivity contribution in [3.63, 3.8) is 0 Å². The normalized spacial score (nSPS) is 13.7. The summed E-state index contributed by atoms with van der Waals surface area (Å²) in [5, 5.41) is 12.7. The minimum atomic E-state index is -0.598. The van der Waals surface area contributed by atoms with Crippen LogP contribution in [0.15, 0.2) is 152 Å². The maximum atomic E-state index is 12.7. The first-order valence-electron chi connectivity index (χ1n) is 26.4. The van der Waals surface area contributed by atoms with Gasteiger partial charge in [0.05, 0.1) is 28.0 Å². The minimum Gasteiger partial charge on any atom is -0.507 e. The van der Waals surface area contributed by atoms with Crippen molar-refractivity contribution >= 4 is 11.0 Å². The molecule has 7 aromatic carbocycles. The summed E-state index contributed by atoms with van der Waals surface area (Å²) in [7, 11) is 0. The molecule has 2 aromatic heterocycles. The average Bonchev–Trinajstić information content (AvgIpc) is 3.72. The Morgan fingerprint density at radius 1 is 0.541 bits per heavy atom. The zero-order chi connectivity index (χ0) is 52.9. The quantitative estimate of drug-likeness (QED) is 0.173. The van der Waals surface area contributed by atoms with Gasteiger partial charge in [0.1, 0.15) is 22.9 Å². The summed E-state index contributed by atoms with van der Waals surface area (Å²) in [4.78, 5) is 10.9. The van der Waals surface area contributed by atoms with Crippen molar-refractivity contribution in [2.45, 2.75) is 132 Å². The van der Waals surface area contributed by atoms with E-state index in [0.717, 1.165) is 95.8 Å². The van der Waals surface area contributed by atoms with Gasteiger partial charge in [-0.05, 0) is 147 Å². The van der Waals surface area contributed by atoms with Gasteiger partial charge in [0.25, 0.3) is 0 Å². The lowest BCUT2D eigenvalue weighted by atomic mass is 9.79. The van der Waals surface area contributed by atoms with Crippen LogP contribution in [-0.2, 0) is 28.3 Å². The van der Waals surface area contributed by atoms with Crippen LogP contribution in [0.4, 0.5) is 0 Å². The molecule has 0 saturated carbocycles. The van der Waals surface area contributed by atoms with E-state index in [2.05, 4.69) is 254 Å². The van der Waals surface area contributed by atoms with Crippen molar-refractivity contribution in [1.82, 2.24) is 14.5 Å². The third-order valence-corrected chi connectivity index (χ3v) is 14.9. The summed E-state index contributed by atoms with van der Waals surface area (Å²) in [6.07, 6.45) is 2.94. The molecule has 376 valence electrons. The second-order valence-electron chi connectivity index (χ2n) is 25.6. The lowest BCUT2D eigenvalue weighted by Gasteiger charge is -2.36. The smallest absolute Gasteiger partial charge is 0.149 e. The van der Waals surface area contributed by atoms with Crippen LogP contribution in [0.2, 0.25) is 0 Å². The first-order chi connectivity index (χ1) is 34.8. The van der Waals surface area contributed by atoms with Crippen LogP contribution in [-0.4, -0.2) is 19.6 Å². The third kappa shape index (κ3) is 9.35. The number of imidazole rings is 1. The predicted octanol–water partition coefficient (Wildman–Crippen LogP) is 18.5. The van der Waals surface area contributed by atoms with Gasteiger partial charge in [-0.15, -0.1) is 0 Å². The fourth-order valence-electron chi connectivity index (χ4n) is 11.0. The second kappa shape index (κ2) is 18.0. The molecule has 10 rings (SSSR count). The predicted molar refractivity (Wildman–Crippen MR) is 311 cm³/mol. The Balaban J connectivity index is 1.28. The number of hydrogen-bond acceptors (Lipinski definition) is 4. The second-order valence-corrected chi connectivity index (χ2v) is 25.6. The van der Waals surface area contributed by atoms with E-state index in [1.54, 1.807) is 0 Å². The van der Waals surface area contributed by atoms with E-state index in [1.165, 1.54) is 22.3 Å². The number of aryl methyl sites for hydroxylation is 1. The molecule has 0 fully saturated rings. The molecule has 0 amide bonds. The van der Waals surface area contributed by atoms with Gasteiger partial charge in [0.15, 0.2) is 0 Å². The number of ether oxygens (including phenoxy) is 1. The summed E-state index contributed by atoms with van der Waals surface area (Å²) in [5.41, 5.74) is 19.6. The number of aromatic hydroxyl groups is 1. The van der Waals surface area contributed by atoms with E-state index in [1.807, 2.05) is 6.20 Å². The van der Waals surface area contributed by atoms with Gasteiger partial charge in [-0.2, -0.15) is 0 Å². The standard InChI is InChI=1S/C69H73N3O2/c1-42-34-43(41-65(2,3)4)28-30-49(42)45-32-33-70-58(37-45)54-36-46(35-53-51-24-19-20-26-56(51)69(14,15)74-63(53)54)50-25-21-27-60-61(50)71-64(55-39-48(67(8,9)10)40-57(62(55)73)68(11,12)13)72(60)59-31-29-47(66(5,6)7)38-52(59)44-22-17-16-18-23-44/h16-40,73H,41H2,1-15H3. The summed E-state index contributed by atoms with van der Waals surface area (Å²) >= 11 is 0. The molecule has 3 heterocycles. The SMILES string of the molecule is Cc1cc(CC(C)(C)C)ccc1-c1ccnc(-c2cc(-c3cccc4c3nc(-c3cc(C(C)(C)C)cc(C(C)(C)C)c3O)n4-c3ccc(C(C)(C)C)cc3-c3ccccc3)cc3c2OC(C)(C)c2ccccc2-3)c1. The van der Waals surface area contributed by atoms with Crippen LogP contribution in [0.25, 0.3) is 83.9 Å². The highest BCUT2D eigenvalue weighted by atomic mass is 16.5. The fourth-order valence-corrected chi connectivity index (χ4v) is 11.0. The Morgan fingerprint density at radius 3 is 1.91 bits per heavy atom. The Bertz CT molecular complexity index is 3640. The Hall–Kier alpha value is -7.24. The number of rotatable bonds is 7. The summed E-state index contributed by atoms with van der Waals surface area (Å²) in [6, 6.07) is 52.8. The molecule has 0 radical (unpaired) electrons. The molecule has 0 bridgehead atoms. The Kier molecular flexibility index (Phi) is 12.2. The zero-order valence-corrected chi connectivity index (χ0v) is 46.3. The molecule has 0 saturated heterocycles. The summed E-state index contributed by atoms with van der Waals surface area (Å²) in [6.45, 7) is 33.4. The van der Waals surface area contributed by atoms with E-state index in [0.29, 0.717) is 11.4 Å². The highest BCUT2D eigenvalue weighted by Gasteiger charge is 2.36. The molecule has 1 aliphatic heterocycles. The van der Waals surface area contributed by atoms with Gasteiger partial charge in [-0.1, -0.05) is 180 Å². The van der Waals surface area contributed by atoms with E-state index in [-0.39, 0.29) is 27.4 Å². The van der Waals surface area contributed by atoms with Crippen molar-refractivity contribution in [2.24, 2.45) is 5.41 Å². The summed E-state index contributed by atoms with van der Waals surface area (Å²) < 4.78 is 9.47. The molecule has 0 atom stereocenters. The van der Waals surface area contributed by atoms with Crippen LogP contribution < -0.4 is 4.74 Å². The van der Waals surface area contributed by atoms with E-state index in [9.17, 15) is 5.11 Å². The molecule has 74 heavy (non-hydrogen) atoms.